The van der Waals surface area contributed by atoms with E-state index >= 15 is 0 Å². The number of rotatable bonds is 4. The van der Waals surface area contributed by atoms with Gasteiger partial charge in [0, 0.05) is 12.6 Å². The van der Waals surface area contributed by atoms with Gasteiger partial charge in [-0.05, 0) is 37.4 Å². The minimum absolute atomic E-state index is 0.604. The lowest BCUT2D eigenvalue weighted by Gasteiger charge is -2.34. The Labute approximate surface area is 111 Å². The van der Waals surface area contributed by atoms with Crippen molar-refractivity contribution in [2.45, 2.75) is 45.2 Å². The van der Waals surface area contributed by atoms with E-state index in [0.717, 1.165) is 13.1 Å². The molecule has 1 saturated heterocycles. The monoisotopic (exact) mass is 246 g/mol. The summed E-state index contributed by atoms with van der Waals surface area (Å²) < 4.78 is 0. The lowest BCUT2D eigenvalue weighted by molar-refractivity contribution is 0.145. The quantitative estimate of drug-likeness (QED) is 0.885. The van der Waals surface area contributed by atoms with Crippen molar-refractivity contribution in [2.75, 3.05) is 13.1 Å². The maximum Gasteiger partial charge on any atom is 0.0236 e. The van der Waals surface area contributed by atoms with Gasteiger partial charge in [0.2, 0.25) is 0 Å². The van der Waals surface area contributed by atoms with Gasteiger partial charge in [-0.3, -0.25) is 4.90 Å². The molecule has 2 nitrogen and oxygen atoms in total. The molecule has 1 fully saturated rings. The van der Waals surface area contributed by atoms with Crippen molar-refractivity contribution >= 4 is 0 Å². The summed E-state index contributed by atoms with van der Waals surface area (Å²) in [5.74, 6) is 0.604. The Morgan fingerprint density at radius 1 is 1.22 bits per heavy atom. The molecule has 1 heterocycles. The van der Waals surface area contributed by atoms with Crippen LogP contribution in [0.4, 0.5) is 0 Å². The van der Waals surface area contributed by atoms with Crippen molar-refractivity contribution in [3.8, 4) is 0 Å². The Morgan fingerprint density at radius 2 is 2.00 bits per heavy atom. The van der Waals surface area contributed by atoms with Crippen molar-refractivity contribution in [3.63, 3.8) is 0 Å². The van der Waals surface area contributed by atoms with Crippen molar-refractivity contribution < 1.29 is 0 Å². The molecule has 0 bridgehead atoms. The van der Waals surface area contributed by atoms with Gasteiger partial charge in [0.25, 0.3) is 0 Å². The zero-order valence-corrected chi connectivity index (χ0v) is 11.5. The Bertz CT molecular complexity index is 336. The average molecular weight is 246 g/mol. The summed E-state index contributed by atoms with van der Waals surface area (Å²) >= 11 is 0. The van der Waals surface area contributed by atoms with Gasteiger partial charge in [0.1, 0.15) is 0 Å². The second-order valence-corrected chi connectivity index (χ2v) is 5.59. The van der Waals surface area contributed by atoms with E-state index in [2.05, 4.69) is 42.2 Å². The Morgan fingerprint density at radius 3 is 2.72 bits per heavy atom. The van der Waals surface area contributed by atoms with Crippen LogP contribution < -0.4 is 5.73 Å². The normalized spacial score (nSPS) is 23.6. The lowest BCUT2D eigenvalue weighted by atomic mass is 9.96. The van der Waals surface area contributed by atoms with E-state index in [1.54, 1.807) is 0 Å². The number of nitrogens with zero attached hydrogens (tertiary/aromatic N) is 1. The van der Waals surface area contributed by atoms with Gasteiger partial charge in [-0.25, -0.2) is 0 Å². The third-order valence-corrected chi connectivity index (χ3v) is 4.17. The second kappa shape index (κ2) is 6.91. The number of benzene rings is 1. The number of hydrogen-bond donors (Lipinski definition) is 1. The van der Waals surface area contributed by atoms with Crippen molar-refractivity contribution in [2.24, 2.45) is 11.7 Å². The molecule has 0 aliphatic carbocycles. The zero-order valence-electron chi connectivity index (χ0n) is 11.5. The van der Waals surface area contributed by atoms with Gasteiger partial charge in [0.05, 0.1) is 0 Å². The molecule has 2 heteroatoms. The first-order chi connectivity index (χ1) is 8.81. The van der Waals surface area contributed by atoms with E-state index in [0.29, 0.717) is 12.0 Å². The van der Waals surface area contributed by atoms with Gasteiger partial charge in [-0.15, -0.1) is 0 Å². The summed E-state index contributed by atoms with van der Waals surface area (Å²) in [7, 11) is 0. The molecule has 0 radical (unpaired) electrons. The smallest absolute Gasteiger partial charge is 0.0236 e. The summed E-state index contributed by atoms with van der Waals surface area (Å²) in [6.07, 6.45) is 5.38. The highest BCUT2D eigenvalue weighted by atomic mass is 15.2. The fourth-order valence-electron chi connectivity index (χ4n) is 3.01. The maximum absolute atomic E-state index is 5.88. The second-order valence-electron chi connectivity index (χ2n) is 5.59. The molecule has 1 aliphatic rings. The van der Waals surface area contributed by atoms with E-state index in [-0.39, 0.29) is 0 Å². The summed E-state index contributed by atoms with van der Waals surface area (Å²) in [6.45, 7) is 5.41. The van der Waals surface area contributed by atoms with Gasteiger partial charge in [-0.1, -0.05) is 50.1 Å². The first-order valence-electron chi connectivity index (χ1n) is 7.29. The molecule has 2 rings (SSSR count). The van der Waals surface area contributed by atoms with Crippen LogP contribution in [0, 0.1) is 5.92 Å². The van der Waals surface area contributed by atoms with E-state index in [1.807, 2.05) is 0 Å². The van der Waals surface area contributed by atoms with Crippen LogP contribution in [0.5, 0.6) is 0 Å². The third kappa shape index (κ3) is 3.56. The molecule has 2 unspecified atom stereocenters. The minimum Gasteiger partial charge on any atom is -0.330 e. The minimum atomic E-state index is 0.604. The lowest BCUT2D eigenvalue weighted by Crippen LogP contribution is -2.41. The molecule has 0 aromatic heterocycles. The molecular weight excluding hydrogens is 220 g/mol. The van der Waals surface area contributed by atoms with Crippen LogP contribution in [0.25, 0.3) is 0 Å². The molecule has 1 aromatic rings. The van der Waals surface area contributed by atoms with Crippen molar-refractivity contribution in [1.29, 1.82) is 0 Å². The van der Waals surface area contributed by atoms with Crippen LogP contribution in [0.15, 0.2) is 30.3 Å². The molecule has 100 valence electrons. The van der Waals surface area contributed by atoms with E-state index in [1.165, 1.54) is 37.8 Å². The maximum atomic E-state index is 5.88. The van der Waals surface area contributed by atoms with Gasteiger partial charge < -0.3 is 5.73 Å². The third-order valence-electron chi connectivity index (χ3n) is 4.17. The van der Waals surface area contributed by atoms with E-state index in [9.17, 15) is 0 Å². The standard InChI is InChI=1S/C16H26N2/c1-14(12-17)16-10-6-3-7-11-18(16)13-15-8-4-2-5-9-15/h2,4-5,8-9,14,16H,3,6-7,10-13,17H2,1H3. The summed E-state index contributed by atoms with van der Waals surface area (Å²) in [5, 5.41) is 0. The van der Waals surface area contributed by atoms with Crippen LogP contribution in [0.2, 0.25) is 0 Å². The van der Waals surface area contributed by atoms with Crippen LogP contribution in [0.1, 0.15) is 38.2 Å². The molecule has 18 heavy (non-hydrogen) atoms. The highest BCUT2D eigenvalue weighted by Crippen LogP contribution is 2.24. The van der Waals surface area contributed by atoms with Gasteiger partial charge in [0.15, 0.2) is 0 Å². The van der Waals surface area contributed by atoms with Crippen molar-refractivity contribution in [3.05, 3.63) is 35.9 Å². The SMILES string of the molecule is CC(CN)C1CCCCCN1Cc1ccccc1. The first kappa shape index (κ1) is 13.6. The Kier molecular flexibility index (Phi) is 5.21. The van der Waals surface area contributed by atoms with E-state index < -0.39 is 0 Å². The zero-order chi connectivity index (χ0) is 12.8. The molecule has 1 aliphatic heterocycles. The summed E-state index contributed by atoms with van der Waals surface area (Å²) in [5.41, 5.74) is 7.31. The van der Waals surface area contributed by atoms with Crippen LogP contribution in [-0.2, 0) is 6.54 Å². The Hall–Kier alpha value is -0.860. The molecule has 1 aromatic carbocycles. The predicted molar refractivity (Wildman–Crippen MR) is 77.3 cm³/mol. The van der Waals surface area contributed by atoms with E-state index in [4.69, 9.17) is 5.73 Å². The van der Waals surface area contributed by atoms with Crippen LogP contribution in [0.3, 0.4) is 0 Å². The van der Waals surface area contributed by atoms with Crippen molar-refractivity contribution in [1.82, 2.24) is 4.90 Å². The number of nitrogens with two attached hydrogens (primary N) is 1. The van der Waals surface area contributed by atoms with Crippen LogP contribution >= 0.6 is 0 Å². The fraction of sp³-hybridized carbons (Fsp3) is 0.625. The summed E-state index contributed by atoms with van der Waals surface area (Å²) in [6, 6.07) is 11.5. The molecule has 0 spiro atoms. The first-order valence-corrected chi connectivity index (χ1v) is 7.29. The van der Waals surface area contributed by atoms with Crippen LogP contribution in [-0.4, -0.2) is 24.0 Å². The largest absolute Gasteiger partial charge is 0.330 e. The molecule has 0 saturated carbocycles. The predicted octanol–water partition coefficient (Wildman–Crippen LogP) is 3.03. The Balaban J connectivity index is 2.06. The topological polar surface area (TPSA) is 29.3 Å². The number of likely N-dealkylation sites (tertiary alicyclic amines) is 1. The van der Waals surface area contributed by atoms with Gasteiger partial charge in [-0.2, -0.15) is 0 Å². The number of hydrogen-bond acceptors (Lipinski definition) is 2. The van der Waals surface area contributed by atoms with Gasteiger partial charge >= 0.3 is 0 Å². The molecular formula is C16H26N2. The summed E-state index contributed by atoms with van der Waals surface area (Å²) in [4.78, 5) is 2.65. The molecule has 2 N–H and O–H groups in total. The fourth-order valence-corrected chi connectivity index (χ4v) is 3.01. The highest BCUT2D eigenvalue weighted by Gasteiger charge is 2.25. The molecule has 2 atom stereocenters. The highest BCUT2D eigenvalue weighted by molar-refractivity contribution is 5.14. The average Bonchev–Trinajstić information content (AvgIpc) is 2.64. The molecule has 0 amide bonds.